The van der Waals surface area contributed by atoms with E-state index in [1.165, 1.54) is 0 Å². The Balaban J connectivity index is 1.48. The molecule has 0 spiro atoms. The maximum atomic E-state index is 11.7. The SMILES string of the molecule is C/C(=N/OCC(=O)N/N=C\c1cc2ccccc2[nH]1)c1ccccc1. The first-order valence-corrected chi connectivity index (χ1v) is 7.84. The summed E-state index contributed by atoms with van der Waals surface area (Å²) in [6.45, 7) is 1.62. The first-order chi connectivity index (χ1) is 12.2. The Morgan fingerprint density at radius 2 is 1.92 bits per heavy atom. The van der Waals surface area contributed by atoms with Crippen molar-refractivity contribution in [3.05, 3.63) is 71.9 Å². The highest BCUT2D eigenvalue weighted by atomic mass is 16.6. The van der Waals surface area contributed by atoms with Gasteiger partial charge in [0.05, 0.1) is 17.6 Å². The van der Waals surface area contributed by atoms with Crippen LogP contribution in [0.4, 0.5) is 0 Å². The van der Waals surface area contributed by atoms with Gasteiger partial charge in [0.15, 0.2) is 6.61 Å². The van der Waals surface area contributed by atoms with Gasteiger partial charge in [-0.25, -0.2) is 5.43 Å². The van der Waals surface area contributed by atoms with Crippen LogP contribution in [0.2, 0.25) is 0 Å². The highest BCUT2D eigenvalue weighted by Crippen LogP contribution is 2.13. The van der Waals surface area contributed by atoms with Gasteiger partial charge in [0.1, 0.15) is 0 Å². The zero-order chi connectivity index (χ0) is 17.5. The molecule has 0 fully saturated rings. The van der Waals surface area contributed by atoms with E-state index in [2.05, 4.69) is 20.7 Å². The molecule has 3 aromatic rings. The van der Waals surface area contributed by atoms with Gasteiger partial charge in [0, 0.05) is 10.9 Å². The van der Waals surface area contributed by atoms with Crippen LogP contribution in [0.1, 0.15) is 18.2 Å². The van der Waals surface area contributed by atoms with Crippen molar-refractivity contribution >= 4 is 28.7 Å². The molecule has 126 valence electrons. The fraction of sp³-hybridized carbons (Fsp3) is 0.105. The number of carbonyl (C=O) groups is 1. The van der Waals surface area contributed by atoms with Crippen LogP contribution in [-0.4, -0.2) is 29.4 Å². The summed E-state index contributed by atoms with van der Waals surface area (Å²) < 4.78 is 0. The standard InChI is InChI=1S/C19H18N4O2/c1-14(15-7-3-2-4-8-15)23-25-13-19(24)22-20-12-17-11-16-9-5-6-10-18(16)21-17/h2-12,21H,13H2,1H3,(H,22,24)/b20-12-,23-14-. The number of aromatic nitrogens is 1. The van der Waals surface area contributed by atoms with E-state index in [4.69, 9.17) is 4.84 Å². The van der Waals surface area contributed by atoms with Gasteiger partial charge in [-0.1, -0.05) is 53.7 Å². The van der Waals surface area contributed by atoms with Crippen molar-refractivity contribution < 1.29 is 9.63 Å². The summed E-state index contributed by atoms with van der Waals surface area (Å²) in [5.41, 5.74) is 5.88. The van der Waals surface area contributed by atoms with E-state index in [0.717, 1.165) is 22.2 Å². The maximum Gasteiger partial charge on any atom is 0.280 e. The average Bonchev–Trinajstić information content (AvgIpc) is 3.05. The zero-order valence-corrected chi connectivity index (χ0v) is 13.8. The van der Waals surface area contributed by atoms with Crippen molar-refractivity contribution in [1.82, 2.24) is 10.4 Å². The number of hydrogen-bond acceptors (Lipinski definition) is 4. The molecule has 2 N–H and O–H groups in total. The molecule has 1 aromatic heterocycles. The van der Waals surface area contributed by atoms with Gasteiger partial charge in [-0.05, 0) is 24.6 Å². The summed E-state index contributed by atoms with van der Waals surface area (Å²) in [6.07, 6.45) is 1.55. The Kier molecular flexibility index (Phi) is 5.21. The molecule has 0 aliphatic rings. The number of carbonyl (C=O) groups excluding carboxylic acids is 1. The minimum Gasteiger partial charge on any atom is -0.385 e. The number of amides is 1. The molecule has 0 radical (unpaired) electrons. The lowest BCUT2D eigenvalue weighted by Crippen LogP contribution is -2.22. The monoisotopic (exact) mass is 334 g/mol. The van der Waals surface area contributed by atoms with E-state index >= 15 is 0 Å². The van der Waals surface area contributed by atoms with Crippen LogP contribution < -0.4 is 5.43 Å². The average molecular weight is 334 g/mol. The third kappa shape index (κ3) is 4.54. The topological polar surface area (TPSA) is 78.8 Å². The lowest BCUT2D eigenvalue weighted by molar-refractivity contribution is -0.125. The number of H-pyrrole nitrogens is 1. The number of aromatic amines is 1. The van der Waals surface area contributed by atoms with Gasteiger partial charge in [0.2, 0.25) is 0 Å². The third-order valence-electron chi connectivity index (χ3n) is 3.53. The van der Waals surface area contributed by atoms with Gasteiger partial charge in [0.25, 0.3) is 5.91 Å². The second-order valence-corrected chi connectivity index (χ2v) is 5.42. The first kappa shape index (κ1) is 16.4. The summed E-state index contributed by atoms with van der Waals surface area (Å²) in [6, 6.07) is 19.5. The minimum absolute atomic E-state index is 0.200. The van der Waals surface area contributed by atoms with Gasteiger partial charge >= 0.3 is 0 Å². The molecule has 0 saturated heterocycles. The normalized spacial score (nSPS) is 11.8. The molecular formula is C19H18N4O2. The molecule has 3 rings (SSSR count). The number of nitrogens with one attached hydrogen (secondary N) is 2. The van der Waals surface area contributed by atoms with E-state index in [9.17, 15) is 4.79 Å². The number of rotatable bonds is 6. The maximum absolute atomic E-state index is 11.7. The summed E-state index contributed by atoms with van der Waals surface area (Å²) in [5, 5.41) is 8.92. The van der Waals surface area contributed by atoms with Crippen molar-refractivity contribution in [2.45, 2.75) is 6.92 Å². The summed E-state index contributed by atoms with van der Waals surface area (Å²) in [7, 11) is 0. The summed E-state index contributed by atoms with van der Waals surface area (Å²) >= 11 is 0. The van der Waals surface area contributed by atoms with Crippen LogP contribution in [0.15, 0.2) is 70.9 Å². The number of hydrogen-bond donors (Lipinski definition) is 2. The largest absolute Gasteiger partial charge is 0.385 e. The number of para-hydroxylation sites is 1. The Morgan fingerprint density at radius 3 is 2.72 bits per heavy atom. The summed E-state index contributed by atoms with van der Waals surface area (Å²) in [4.78, 5) is 19.9. The molecule has 1 heterocycles. The van der Waals surface area contributed by atoms with Gasteiger partial charge < -0.3 is 9.82 Å². The van der Waals surface area contributed by atoms with Crippen molar-refractivity contribution in [2.75, 3.05) is 6.61 Å². The Hall–Kier alpha value is -3.41. The predicted molar refractivity (Wildman–Crippen MR) is 98.6 cm³/mol. The number of nitrogens with zero attached hydrogens (tertiary/aromatic N) is 2. The lowest BCUT2D eigenvalue weighted by Gasteiger charge is -2.01. The highest BCUT2D eigenvalue weighted by molar-refractivity contribution is 5.98. The molecule has 2 aromatic carbocycles. The molecule has 6 heteroatoms. The van der Waals surface area contributed by atoms with Gasteiger partial charge in [-0.15, -0.1) is 0 Å². The van der Waals surface area contributed by atoms with Gasteiger partial charge in [-0.3, -0.25) is 4.79 Å². The fourth-order valence-corrected chi connectivity index (χ4v) is 2.29. The molecule has 6 nitrogen and oxygen atoms in total. The van der Waals surface area contributed by atoms with Crippen molar-refractivity contribution in [1.29, 1.82) is 0 Å². The van der Waals surface area contributed by atoms with Crippen LogP contribution >= 0.6 is 0 Å². The van der Waals surface area contributed by atoms with E-state index in [1.54, 1.807) is 6.21 Å². The highest BCUT2D eigenvalue weighted by Gasteiger charge is 2.01. The molecule has 1 amide bonds. The quantitative estimate of drug-likeness (QED) is 0.537. The molecule has 0 aliphatic carbocycles. The van der Waals surface area contributed by atoms with E-state index in [1.807, 2.05) is 67.6 Å². The Bertz CT molecular complexity index is 880. The van der Waals surface area contributed by atoms with Crippen LogP contribution in [-0.2, 0) is 9.63 Å². The van der Waals surface area contributed by atoms with Crippen molar-refractivity contribution in [2.24, 2.45) is 10.3 Å². The lowest BCUT2D eigenvalue weighted by atomic mass is 10.1. The molecule has 0 aliphatic heterocycles. The zero-order valence-electron chi connectivity index (χ0n) is 13.8. The number of fused-ring (bicyclic) bond motifs is 1. The molecule has 25 heavy (non-hydrogen) atoms. The minimum atomic E-state index is -0.378. The molecule has 0 saturated carbocycles. The number of hydrazone groups is 1. The van der Waals surface area contributed by atoms with E-state index in [-0.39, 0.29) is 12.5 Å². The van der Waals surface area contributed by atoms with Gasteiger partial charge in [-0.2, -0.15) is 5.10 Å². The second-order valence-electron chi connectivity index (χ2n) is 5.42. The van der Waals surface area contributed by atoms with Crippen LogP contribution in [0, 0.1) is 0 Å². The van der Waals surface area contributed by atoms with Crippen LogP contribution in [0.5, 0.6) is 0 Å². The molecule has 0 atom stereocenters. The molecule has 0 unspecified atom stereocenters. The van der Waals surface area contributed by atoms with Crippen LogP contribution in [0.25, 0.3) is 10.9 Å². The molecule has 0 bridgehead atoms. The van der Waals surface area contributed by atoms with Crippen LogP contribution in [0.3, 0.4) is 0 Å². The summed E-state index contributed by atoms with van der Waals surface area (Å²) in [5.74, 6) is -0.378. The first-order valence-electron chi connectivity index (χ1n) is 7.84. The molecular weight excluding hydrogens is 316 g/mol. The predicted octanol–water partition coefficient (Wildman–Crippen LogP) is 3.06. The smallest absolute Gasteiger partial charge is 0.280 e. The fourth-order valence-electron chi connectivity index (χ4n) is 2.29. The second kappa shape index (κ2) is 7.92. The van der Waals surface area contributed by atoms with Crippen molar-refractivity contribution in [3.8, 4) is 0 Å². The Labute approximate surface area is 145 Å². The number of benzene rings is 2. The van der Waals surface area contributed by atoms with E-state index in [0.29, 0.717) is 5.71 Å². The van der Waals surface area contributed by atoms with E-state index < -0.39 is 0 Å². The number of oxime groups is 1. The third-order valence-corrected chi connectivity index (χ3v) is 3.53. The van der Waals surface area contributed by atoms with Crippen molar-refractivity contribution in [3.63, 3.8) is 0 Å². The Morgan fingerprint density at radius 1 is 1.16 bits per heavy atom.